The van der Waals surface area contributed by atoms with Crippen molar-refractivity contribution in [2.45, 2.75) is 56.3 Å². The van der Waals surface area contributed by atoms with E-state index < -0.39 is 66.2 Å². The van der Waals surface area contributed by atoms with Crippen LogP contribution in [0.2, 0.25) is 0 Å². The molecule has 4 amide bonds. The number of aromatic nitrogens is 2. The van der Waals surface area contributed by atoms with Gasteiger partial charge in [0, 0.05) is 31.2 Å². The number of hydrogen-bond donors (Lipinski definition) is 8. The van der Waals surface area contributed by atoms with E-state index in [1.165, 1.54) is 12.5 Å². The molecular weight excluding hydrogens is 514 g/mol. The predicted molar refractivity (Wildman–Crippen MR) is 135 cm³/mol. The first-order valence-corrected chi connectivity index (χ1v) is 11.9. The van der Waals surface area contributed by atoms with Gasteiger partial charge in [0.05, 0.1) is 18.8 Å². The number of amides is 4. The molecule has 0 aliphatic heterocycles. The van der Waals surface area contributed by atoms with Crippen molar-refractivity contribution >= 4 is 35.6 Å². The molecule has 39 heavy (non-hydrogen) atoms. The summed E-state index contributed by atoms with van der Waals surface area (Å²) in [5.74, 6) is -6.23. The van der Waals surface area contributed by atoms with Gasteiger partial charge in [-0.15, -0.1) is 0 Å². The van der Waals surface area contributed by atoms with Crippen molar-refractivity contribution in [3.05, 3.63) is 54.1 Å². The van der Waals surface area contributed by atoms with Gasteiger partial charge in [0.2, 0.25) is 23.6 Å². The summed E-state index contributed by atoms with van der Waals surface area (Å²) in [4.78, 5) is 79.4. The van der Waals surface area contributed by atoms with E-state index >= 15 is 0 Å². The summed E-state index contributed by atoms with van der Waals surface area (Å²) >= 11 is 0. The molecule has 0 aliphatic rings. The molecule has 1 aromatic heterocycles. The second-order valence-electron chi connectivity index (χ2n) is 8.70. The van der Waals surface area contributed by atoms with Crippen LogP contribution in [-0.4, -0.2) is 79.9 Å². The Balaban J connectivity index is 2.18. The molecule has 10 N–H and O–H groups in total. The number of nitrogens with one attached hydrogen (secondary N) is 4. The molecule has 4 atom stereocenters. The number of hydrogen-bond acceptors (Lipinski definition) is 8. The molecule has 2 rings (SSSR count). The number of H-pyrrole nitrogens is 1. The van der Waals surface area contributed by atoms with E-state index in [2.05, 4.69) is 25.9 Å². The minimum atomic E-state index is -1.67. The molecule has 0 fully saturated rings. The summed E-state index contributed by atoms with van der Waals surface area (Å²) in [5, 5.41) is 25.8. The number of rotatable bonds is 16. The summed E-state index contributed by atoms with van der Waals surface area (Å²) < 4.78 is 0. The average molecular weight is 546 g/mol. The smallest absolute Gasteiger partial charge is 0.326 e. The van der Waals surface area contributed by atoms with E-state index in [1.54, 1.807) is 30.3 Å². The number of carbonyl (C=O) groups excluding carboxylic acids is 4. The Bertz CT molecular complexity index is 1160. The Labute approximate surface area is 222 Å². The maximum atomic E-state index is 13.1. The van der Waals surface area contributed by atoms with Gasteiger partial charge in [0.25, 0.3) is 0 Å². The fraction of sp³-hybridized carbons (Fsp3) is 0.375. The number of aromatic amines is 1. The van der Waals surface area contributed by atoms with Crippen molar-refractivity contribution in [3.63, 3.8) is 0 Å². The molecule has 0 spiro atoms. The lowest BCUT2D eigenvalue weighted by Gasteiger charge is -2.24. The van der Waals surface area contributed by atoms with Crippen LogP contribution in [0.15, 0.2) is 42.9 Å². The highest BCUT2D eigenvalue weighted by Crippen LogP contribution is 2.06. The molecule has 0 bridgehead atoms. The highest BCUT2D eigenvalue weighted by molar-refractivity contribution is 5.95. The molecule has 0 saturated heterocycles. The van der Waals surface area contributed by atoms with Crippen molar-refractivity contribution in [1.29, 1.82) is 0 Å². The largest absolute Gasteiger partial charge is 0.481 e. The first-order valence-electron chi connectivity index (χ1n) is 11.9. The Hall–Kier alpha value is -4.79. The predicted octanol–water partition coefficient (Wildman–Crippen LogP) is -2.20. The molecule has 0 saturated carbocycles. The van der Waals surface area contributed by atoms with E-state index in [0.717, 1.165) is 0 Å². The second kappa shape index (κ2) is 14.8. The molecule has 0 aliphatic carbocycles. The molecule has 15 heteroatoms. The Morgan fingerprint density at radius 1 is 0.872 bits per heavy atom. The van der Waals surface area contributed by atoms with Crippen LogP contribution in [0.1, 0.15) is 30.5 Å². The summed E-state index contributed by atoms with van der Waals surface area (Å²) in [6, 6.07) is 2.86. The molecule has 15 nitrogen and oxygen atoms in total. The number of primary amides is 1. The molecule has 4 unspecified atom stereocenters. The summed E-state index contributed by atoms with van der Waals surface area (Å²) in [5.41, 5.74) is 11.9. The molecule has 210 valence electrons. The van der Waals surface area contributed by atoms with E-state index in [0.29, 0.717) is 11.3 Å². The van der Waals surface area contributed by atoms with Gasteiger partial charge < -0.3 is 42.6 Å². The second-order valence-corrected chi connectivity index (χ2v) is 8.70. The zero-order valence-electron chi connectivity index (χ0n) is 20.8. The van der Waals surface area contributed by atoms with Crippen molar-refractivity contribution < 1.29 is 39.0 Å². The van der Waals surface area contributed by atoms with Crippen LogP contribution in [-0.2, 0) is 41.6 Å². The number of imidazole rings is 1. The third kappa shape index (κ3) is 10.6. The zero-order valence-corrected chi connectivity index (χ0v) is 20.8. The molecular formula is C24H31N7O8. The number of aliphatic carboxylic acids is 2. The topological polar surface area (TPSA) is 260 Å². The zero-order chi connectivity index (χ0) is 28.9. The highest BCUT2D eigenvalue weighted by atomic mass is 16.4. The van der Waals surface area contributed by atoms with Crippen LogP contribution in [0.5, 0.6) is 0 Å². The van der Waals surface area contributed by atoms with Crippen molar-refractivity contribution in [1.82, 2.24) is 25.9 Å². The van der Waals surface area contributed by atoms with E-state index in [4.69, 9.17) is 11.5 Å². The van der Waals surface area contributed by atoms with Gasteiger partial charge in [0.15, 0.2) is 0 Å². The summed E-state index contributed by atoms with van der Waals surface area (Å²) in [7, 11) is 0. The summed E-state index contributed by atoms with van der Waals surface area (Å²) in [6.07, 6.45) is 1.40. The SMILES string of the molecule is NC(=O)CCC(N)C(=O)NC(Cc1cnc[nH]1)C(=O)NC(CC(=O)O)C(=O)NC(Cc1ccccc1)C(=O)O. The number of carboxylic acids is 2. The van der Waals surface area contributed by atoms with Gasteiger partial charge in [-0.05, 0) is 12.0 Å². The third-order valence-corrected chi connectivity index (χ3v) is 5.56. The lowest BCUT2D eigenvalue weighted by Crippen LogP contribution is -2.58. The standard InChI is InChI=1S/C24H31N7O8/c25-15(6-7-19(26)32)21(35)29-16(9-14-11-27-12-28-14)22(36)30-17(10-20(33)34)23(37)31-18(24(38)39)8-13-4-2-1-3-5-13/h1-5,11-12,15-18H,6-10,25H2,(H2,26,32)(H,27,28)(H,29,35)(H,30,36)(H,31,37)(H,33,34)(H,38,39). The van der Waals surface area contributed by atoms with E-state index in [1.807, 2.05) is 0 Å². The van der Waals surface area contributed by atoms with Crippen molar-refractivity contribution in [2.75, 3.05) is 0 Å². The number of carboxylic acid groups (broad SMARTS) is 2. The molecule has 0 radical (unpaired) electrons. The van der Waals surface area contributed by atoms with Crippen LogP contribution >= 0.6 is 0 Å². The minimum Gasteiger partial charge on any atom is -0.481 e. The van der Waals surface area contributed by atoms with Gasteiger partial charge in [0.1, 0.15) is 18.1 Å². The van der Waals surface area contributed by atoms with Crippen LogP contribution in [0.25, 0.3) is 0 Å². The Morgan fingerprint density at radius 2 is 1.49 bits per heavy atom. The minimum absolute atomic E-state index is 0.0817. The molecule has 1 heterocycles. The number of carbonyl (C=O) groups is 6. The number of nitrogens with two attached hydrogens (primary N) is 2. The van der Waals surface area contributed by atoms with Crippen LogP contribution < -0.4 is 27.4 Å². The molecule has 1 aromatic carbocycles. The van der Waals surface area contributed by atoms with Crippen molar-refractivity contribution in [2.24, 2.45) is 11.5 Å². The van der Waals surface area contributed by atoms with Gasteiger partial charge in [-0.2, -0.15) is 0 Å². The first-order chi connectivity index (χ1) is 18.5. The lowest BCUT2D eigenvalue weighted by molar-refractivity contribution is -0.143. The van der Waals surface area contributed by atoms with Gasteiger partial charge >= 0.3 is 11.9 Å². The quantitative estimate of drug-likeness (QED) is 0.113. The molecule has 2 aromatic rings. The summed E-state index contributed by atoms with van der Waals surface area (Å²) in [6.45, 7) is 0. The van der Waals surface area contributed by atoms with Gasteiger partial charge in [-0.25, -0.2) is 9.78 Å². The van der Waals surface area contributed by atoms with Crippen LogP contribution in [0.3, 0.4) is 0 Å². The maximum Gasteiger partial charge on any atom is 0.326 e. The Morgan fingerprint density at radius 3 is 2.05 bits per heavy atom. The number of benzene rings is 1. The van der Waals surface area contributed by atoms with E-state index in [-0.39, 0.29) is 25.7 Å². The fourth-order valence-electron chi connectivity index (χ4n) is 3.51. The van der Waals surface area contributed by atoms with Crippen LogP contribution in [0, 0.1) is 0 Å². The van der Waals surface area contributed by atoms with Crippen molar-refractivity contribution in [3.8, 4) is 0 Å². The Kier molecular flexibility index (Phi) is 11.6. The third-order valence-electron chi connectivity index (χ3n) is 5.56. The normalized spacial score (nSPS) is 13.8. The fourth-order valence-corrected chi connectivity index (χ4v) is 3.51. The maximum absolute atomic E-state index is 13.1. The van der Waals surface area contributed by atoms with Gasteiger partial charge in [-0.3, -0.25) is 24.0 Å². The highest BCUT2D eigenvalue weighted by Gasteiger charge is 2.32. The monoisotopic (exact) mass is 545 g/mol. The average Bonchev–Trinajstić information content (AvgIpc) is 3.39. The van der Waals surface area contributed by atoms with Crippen LogP contribution in [0.4, 0.5) is 0 Å². The lowest BCUT2D eigenvalue weighted by atomic mass is 10.0. The number of nitrogens with zero attached hydrogens (tertiary/aromatic N) is 1. The van der Waals surface area contributed by atoms with Gasteiger partial charge in [-0.1, -0.05) is 30.3 Å². The van der Waals surface area contributed by atoms with E-state index in [9.17, 15) is 39.0 Å². The first kappa shape index (κ1) is 30.4.